The Bertz CT molecular complexity index is 355. The second kappa shape index (κ2) is 6.89. The van der Waals surface area contributed by atoms with Crippen LogP contribution in [0.5, 0.6) is 0 Å². The van der Waals surface area contributed by atoms with Gasteiger partial charge in [-0.3, -0.25) is 9.80 Å². The lowest BCUT2D eigenvalue weighted by Crippen LogP contribution is -2.67. The van der Waals surface area contributed by atoms with Gasteiger partial charge in [-0.15, -0.1) is 0 Å². The molecule has 0 N–H and O–H groups in total. The Balaban J connectivity index is 3.17. The van der Waals surface area contributed by atoms with Crippen molar-refractivity contribution in [2.45, 2.75) is 97.7 Å². The summed E-state index contributed by atoms with van der Waals surface area (Å²) in [4.78, 5) is 4.22. The molecule has 1 saturated carbocycles. The molecule has 2 atom stereocenters. The maximum Gasteiger partial charge on any atom is 0.295 e. The third kappa shape index (κ3) is 4.32. The molecule has 1 rings (SSSR count). The van der Waals surface area contributed by atoms with Crippen LogP contribution >= 0.6 is 0 Å². The van der Waals surface area contributed by atoms with E-state index in [0.717, 1.165) is 0 Å². The normalized spacial score (nSPS) is 26.3. The molecule has 1 fully saturated rings. The van der Waals surface area contributed by atoms with Gasteiger partial charge in [-0.05, 0) is 55.4 Å². The summed E-state index contributed by atoms with van der Waals surface area (Å²) in [6.07, 6.45) is 0.522. The van der Waals surface area contributed by atoms with E-state index in [9.17, 15) is 14.0 Å². The molecule has 132 valence electrons. The van der Waals surface area contributed by atoms with E-state index in [1.54, 1.807) is 0 Å². The molecule has 0 heterocycles. The van der Waals surface area contributed by atoms with Crippen LogP contribution in [0, 0.1) is 10.2 Å². The largest absolute Gasteiger partial charge is 0.295 e. The molecule has 0 radical (unpaired) electrons. The van der Waals surface area contributed by atoms with Gasteiger partial charge in [-0.2, -0.15) is 14.0 Å². The van der Waals surface area contributed by atoms with E-state index >= 15 is 0 Å². The van der Waals surface area contributed by atoms with Crippen LogP contribution in [-0.4, -0.2) is 45.7 Å². The van der Waals surface area contributed by atoms with Crippen molar-refractivity contribution in [3.63, 3.8) is 0 Å². The monoisotopic (exact) mass is 338 g/mol. The smallest absolute Gasteiger partial charge is 0.291 e. The summed E-state index contributed by atoms with van der Waals surface area (Å²) < 4.78 is 39.0. The molecule has 0 spiro atoms. The molecule has 0 saturated heterocycles. The third-order valence-electron chi connectivity index (χ3n) is 4.18. The van der Waals surface area contributed by atoms with Crippen LogP contribution in [0.1, 0.15) is 61.8 Å². The van der Waals surface area contributed by atoms with Gasteiger partial charge in [-0.1, -0.05) is 0 Å². The molecule has 2 unspecified atom stereocenters. The standard InChI is InChI=1S/C15H31ClN2O4/c1-10(2)17(11(3)4)14-9-15(14,22-16(19,20)21)18(12(5)6)13(7)8/h10-14H,9H2,1-8H3. The predicted molar refractivity (Wildman–Crippen MR) is 76.4 cm³/mol. The summed E-state index contributed by atoms with van der Waals surface area (Å²) in [6, 6.07) is 0.519. The van der Waals surface area contributed by atoms with Crippen LogP contribution in [0.2, 0.25) is 0 Å². The van der Waals surface area contributed by atoms with Crippen LogP contribution in [-0.2, 0) is 4.29 Å². The molecule has 0 aromatic rings. The first-order chi connectivity index (χ1) is 9.83. The predicted octanol–water partition coefficient (Wildman–Crippen LogP) is -0.393. The lowest BCUT2D eigenvalue weighted by molar-refractivity contribution is -1.92. The summed E-state index contributed by atoms with van der Waals surface area (Å²) in [6.45, 7) is 16.2. The molecule has 0 aliphatic heterocycles. The fraction of sp³-hybridized carbons (Fsp3) is 1.00. The first-order valence-corrected chi connectivity index (χ1v) is 9.24. The van der Waals surface area contributed by atoms with Gasteiger partial charge in [0.1, 0.15) is 0 Å². The number of hydrogen-bond acceptors (Lipinski definition) is 6. The van der Waals surface area contributed by atoms with Crippen LogP contribution in [0.25, 0.3) is 0 Å². The number of nitrogens with zero attached hydrogens (tertiary/aromatic N) is 2. The van der Waals surface area contributed by atoms with Crippen molar-refractivity contribution in [2.75, 3.05) is 0 Å². The molecule has 0 amide bonds. The van der Waals surface area contributed by atoms with Gasteiger partial charge in [-0.25, -0.2) is 0 Å². The van der Waals surface area contributed by atoms with Crippen molar-refractivity contribution in [1.82, 2.24) is 9.80 Å². The van der Waals surface area contributed by atoms with Gasteiger partial charge < -0.3 is 0 Å². The maximum atomic E-state index is 11.3. The van der Waals surface area contributed by atoms with Crippen molar-refractivity contribution < 1.29 is 28.5 Å². The van der Waals surface area contributed by atoms with Crippen LogP contribution < -0.4 is 14.0 Å². The minimum Gasteiger partial charge on any atom is -0.291 e. The van der Waals surface area contributed by atoms with Gasteiger partial charge >= 0.3 is 0 Å². The average molecular weight is 339 g/mol. The van der Waals surface area contributed by atoms with E-state index in [0.29, 0.717) is 6.42 Å². The second-order valence-corrected chi connectivity index (χ2v) is 8.16. The van der Waals surface area contributed by atoms with Crippen molar-refractivity contribution in [2.24, 2.45) is 0 Å². The van der Waals surface area contributed by atoms with Crippen molar-refractivity contribution >= 4 is 0 Å². The lowest BCUT2D eigenvalue weighted by Gasteiger charge is -2.39. The fourth-order valence-corrected chi connectivity index (χ4v) is 4.48. The van der Waals surface area contributed by atoms with Crippen LogP contribution in [0.15, 0.2) is 0 Å². The highest BCUT2D eigenvalue weighted by Gasteiger charge is 2.73. The summed E-state index contributed by atoms with van der Waals surface area (Å²) >= 11 is 0. The highest BCUT2D eigenvalue weighted by atomic mass is 35.7. The van der Waals surface area contributed by atoms with Gasteiger partial charge in [0, 0.05) is 30.6 Å². The van der Waals surface area contributed by atoms with Gasteiger partial charge in [0.2, 0.25) is 0 Å². The molecule has 0 aromatic carbocycles. The van der Waals surface area contributed by atoms with E-state index in [4.69, 9.17) is 4.29 Å². The molecule has 0 aromatic heterocycles. The SMILES string of the molecule is CC(C)N(C(C)C)C1CC1(O[Cl+3]([O-])([O-])[O-])N(C(C)C)C(C)C. The first kappa shape index (κ1) is 20.1. The Morgan fingerprint density at radius 1 is 0.864 bits per heavy atom. The van der Waals surface area contributed by atoms with E-state index < -0.39 is 16.0 Å². The molecular weight excluding hydrogens is 308 g/mol. The summed E-state index contributed by atoms with van der Waals surface area (Å²) in [7, 11) is -4.47. The molecule has 0 bridgehead atoms. The van der Waals surface area contributed by atoms with Crippen LogP contribution in [0.3, 0.4) is 0 Å². The minimum absolute atomic E-state index is 0.0723. The second-order valence-electron chi connectivity index (χ2n) is 7.25. The van der Waals surface area contributed by atoms with Gasteiger partial charge in [0.25, 0.3) is 5.72 Å². The quantitative estimate of drug-likeness (QED) is 0.560. The zero-order valence-electron chi connectivity index (χ0n) is 15.0. The van der Waals surface area contributed by atoms with E-state index in [1.165, 1.54) is 0 Å². The molecule has 1 aliphatic carbocycles. The molecule has 7 heteroatoms. The number of hydrogen-bond donors (Lipinski definition) is 0. The average Bonchev–Trinajstić information content (AvgIpc) is 2.85. The zero-order chi connectivity index (χ0) is 17.5. The van der Waals surface area contributed by atoms with Crippen LogP contribution in [0.4, 0.5) is 0 Å². The number of halogens is 1. The Kier molecular flexibility index (Phi) is 6.29. The number of rotatable bonds is 8. The highest BCUT2D eigenvalue weighted by molar-refractivity contribution is 5.13. The topological polar surface area (TPSA) is 84.9 Å². The van der Waals surface area contributed by atoms with Gasteiger partial charge in [0.05, 0.1) is 20.6 Å². The van der Waals surface area contributed by atoms with E-state index in [-0.39, 0.29) is 30.2 Å². The summed E-state index contributed by atoms with van der Waals surface area (Å²) in [5.74, 6) is 0. The zero-order valence-corrected chi connectivity index (χ0v) is 15.8. The maximum absolute atomic E-state index is 11.3. The summed E-state index contributed by atoms with van der Waals surface area (Å²) in [5, 5.41) is 0. The van der Waals surface area contributed by atoms with Crippen molar-refractivity contribution in [3.05, 3.63) is 0 Å². The Morgan fingerprint density at radius 2 is 1.27 bits per heavy atom. The minimum atomic E-state index is -4.47. The Hall–Kier alpha value is 0.0500. The molecule has 1 aliphatic rings. The molecule has 6 nitrogen and oxygen atoms in total. The van der Waals surface area contributed by atoms with E-state index in [2.05, 4.69) is 32.6 Å². The fourth-order valence-electron chi connectivity index (χ4n) is 3.91. The van der Waals surface area contributed by atoms with Crippen molar-refractivity contribution in [3.8, 4) is 0 Å². The third-order valence-corrected chi connectivity index (χ3v) is 4.63. The lowest BCUT2D eigenvalue weighted by atomic mass is 10.2. The first-order valence-electron chi connectivity index (χ1n) is 8.01. The van der Waals surface area contributed by atoms with Gasteiger partial charge in [0.15, 0.2) is 0 Å². The van der Waals surface area contributed by atoms with E-state index in [1.807, 2.05) is 32.6 Å². The molecule has 22 heavy (non-hydrogen) atoms. The Labute approximate surface area is 136 Å². The Morgan fingerprint density at radius 3 is 1.55 bits per heavy atom. The summed E-state index contributed by atoms with van der Waals surface area (Å²) in [5.41, 5.74) is -1.06. The molecular formula is C15H31ClN2O4. The van der Waals surface area contributed by atoms with Crippen molar-refractivity contribution in [1.29, 1.82) is 0 Å². The highest BCUT2D eigenvalue weighted by Crippen LogP contribution is 2.51.